The Balaban J connectivity index is 1.63. The number of likely N-dealkylation sites (tertiary alicyclic amines) is 1. The van der Waals surface area contributed by atoms with Gasteiger partial charge in [0, 0.05) is 31.6 Å². The van der Waals surface area contributed by atoms with Gasteiger partial charge in [0.05, 0.1) is 0 Å². The monoisotopic (exact) mass is 413 g/mol. The molecule has 27 heavy (non-hydrogen) atoms. The Morgan fingerprint density at radius 2 is 2.04 bits per heavy atom. The second kappa shape index (κ2) is 9.03. The molecular weight excluding hydrogens is 382 g/mol. The van der Waals surface area contributed by atoms with Crippen molar-refractivity contribution < 1.29 is 13.2 Å². The van der Waals surface area contributed by atoms with Gasteiger partial charge in [0.2, 0.25) is 5.91 Å². The van der Waals surface area contributed by atoms with E-state index in [1.54, 1.807) is 21.8 Å². The molecule has 2 saturated heterocycles. The molecule has 152 valence electrons. The first-order valence-electron chi connectivity index (χ1n) is 9.96. The molecule has 0 N–H and O–H groups in total. The van der Waals surface area contributed by atoms with Gasteiger partial charge >= 0.3 is 0 Å². The van der Waals surface area contributed by atoms with E-state index in [9.17, 15) is 13.2 Å². The van der Waals surface area contributed by atoms with E-state index in [1.165, 1.54) is 24.2 Å². The van der Waals surface area contributed by atoms with Crippen LogP contribution < -0.4 is 0 Å². The van der Waals surface area contributed by atoms with Gasteiger partial charge in [0.15, 0.2) is 0 Å². The Bertz CT molecular complexity index is 713. The molecule has 1 aromatic rings. The second-order valence-electron chi connectivity index (χ2n) is 7.83. The van der Waals surface area contributed by atoms with E-state index < -0.39 is 10.0 Å². The Labute approximate surface area is 167 Å². The average molecular weight is 414 g/mol. The number of sulfonamides is 1. The predicted molar refractivity (Wildman–Crippen MR) is 108 cm³/mol. The first kappa shape index (κ1) is 20.8. The van der Waals surface area contributed by atoms with Crippen molar-refractivity contribution in [3.05, 3.63) is 17.5 Å². The van der Waals surface area contributed by atoms with Gasteiger partial charge in [-0.3, -0.25) is 4.79 Å². The van der Waals surface area contributed by atoms with Crippen molar-refractivity contribution in [1.82, 2.24) is 14.1 Å². The molecule has 6 nitrogen and oxygen atoms in total. The number of carbonyl (C=O) groups excluding carboxylic acids is 1. The molecule has 1 unspecified atom stereocenters. The van der Waals surface area contributed by atoms with Crippen LogP contribution in [0.25, 0.3) is 0 Å². The normalized spacial score (nSPS) is 22.0. The molecule has 1 amide bonds. The fraction of sp³-hybridized carbons (Fsp3) is 0.737. The topological polar surface area (TPSA) is 60.9 Å². The van der Waals surface area contributed by atoms with Crippen LogP contribution in [0.1, 0.15) is 39.5 Å². The van der Waals surface area contributed by atoms with Crippen LogP contribution in [-0.2, 0) is 14.8 Å². The number of amides is 1. The number of carbonyl (C=O) groups is 1. The molecule has 0 bridgehead atoms. The lowest BCUT2D eigenvalue weighted by atomic mass is 10.1. The van der Waals surface area contributed by atoms with Crippen molar-refractivity contribution in [3.8, 4) is 0 Å². The van der Waals surface area contributed by atoms with Crippen LogP contribution in [0.15, 0.2) is 21.7 Å². The lowest BCUT2D eigenvalue weighted by molar-refractivity contribution is -0.136. The van der Waals surface area contributed by atoms with Crippen molar-refractivity contribution >= 4 is 27.3 Å². The van der Waals surface area contributed by atoms with Gasteiger partial charge < -0.3 is 9.80 Å². The van der Waals surface area contributed by atoms with Crippen molar-refractivity contribution in [1.29, 1.82) is 0 Å². The third kappa shape index (κ3) is 4.91. The number of hydrogen-bond acceptors (Lipinski definition) is 5. The van der Waals surface area contributed by atoms with Gasteiger partial charge in [-0.2, -0.15) is 4.31 Å². The lowest BCUT2D eigenvalue weighted by Crippen LogP contribution is -2.45. The van der Waals surface area contributed by atoms with Crippen LogP contribution in [0, 0.1) is 5.92 Å². The number of hydrogen-bond donors (Lipinski definition) is 0. The molecule has 3 heterocycles. The second-order valence-corrected chi connectivity index (χ2v) is 10.9. The van der Waals surface area contributed by atoms with Gasteiger partial charge in [-0.25, -0.2) is 8.42 Å². The highest BCUT2D eigenvalue weighted by Gasteiger charge is 2.37. The maximum Gasteiger partial charge on any atom is 0.252 e. The van der Waals surface area contributed by atoms with E-state index in [0.717, 1.165) is 26.1 Å². The molecule has 0 radical (unpaired) electrons. The van der Waals surface area contributed by atoms with Gasteiger partial charge in [-0.15, -0.1) is 11.3 Å². The van der Waals surface area contributed by atoms with Crippen LogP contribution in [0.5, 0.6) is 0 Å². The predicted octanol–water partition coefficient (Wildman–Crippen LogP) is 2.48. The Hall–Kier alpha value is -0.960. The van der Waals surface area contributed by atoms with Gasteiger partial charge in [-0.1, -0.05) is 19.9 Å². The van der Waals surface area contributed by atoms with Gasteiger partial charge in [-0.05, 0) is 56.8 Å². The molecule has 2 aliphatic rings. The van der Waals surface area contributed by atoms with E-state index in [4.69, 9.17) is 0 Å². The molecule has 8 heteroatoms. The SMILES string of the molecule is CC(C)C(=O)N(CCCN1CCCC1)C1CCN(S(=O)(=O)c2cccs2)C1. The van der Waals surface area contributed by atoms with Gasteiger partial charge in [0.25, 0.3) is 10.0 Å². The number of nitrogens with zero attached hydrogens (tertiary/aromatic N) is 3. The summed E-state index contributed by atoms with van der Waals surface area (Å²) < 4.78 is 27.5. The largest absolute Gasteiger partial charge is 0.338 e. The molecule has 2 aliphatic heterocycles. The first-order chi connectivity index (χ1) is 12.9. The quantitative estimate of drug-likeness (QED) is 0.657. The summed E-state index contributed by atoms with van der Waals surface area (Å²) in [5.41, 5.74) is 0. The Morgan fingerprint density at radius 3 is 2.67 bits per heavy atom. The summed E-state index contributed by atoms with van der Waals surface area (Å²) in [5, 5.41) is 1.79. The van der Waals surface area contributed by atoms with Crippen molar-refractivity contribution in [2.45, 2.75) is 49.8 Å². The third-order valence-corrected chi connectivity index (χ3v) is 8.74. The summed E-state index contributed by atoms with van der Waals surface area (Å²) in [6.07, 6.45) is 4.21. The minimum Gasteiger partial charge on any atom is -0.338 e. The standard InChI is InChI=1S/C19H31N3O3S2/c1-16(2)19(23)22(12-6-11-20-9-3-4-10-20)17-8-13-21(15-17)27(24,25)18-7-5-14-26-18/h5,7,14,16-17H,3-4,6,8-13,15H2,1-2H3. The fourth-order valence-corrected chi connectivity index (χ4v) is 6.63. The van der Waals surface area contributed by atoms with Crippen LogP contribution in [0.3, 0.4) is 0 Å². The maximum atomic E-state index is 12.8. The highest BCUT2D eigenvalue weighted by molar-refractivity contribution is 7.91. The highest BCUT2D eigenvalue weighted by Crippen LogP contribution is 2.27. The fourth-order valence-electron chi connectivity index (χ4n) is 4.00. The Kier molecular flexibility index (Phi) is 6.94. The average Bonchev–Trinajstić information content (AvgIpc) is 3.40. The zero-order chi connectivity index (χ0) is 19.4. The first-order valence-corrected chi connectivity index (χ1v) is 12.3. The van der Waals surface area contributed by atoms with E-state index in [-0.39, 0.29) is 17.9 Å². The smallest absolute Gasteiger partial charge is 0.252 e. The van der Waals surface area contributed by atoms with Gasteiger partial charge in [0.1, 0.15) is 4.21 Å². The molecular formula is C19H31N3O3S2. The summed E-state index contributed by atoms with van der Waals surface area (Å²) in [5.74, 6) is 0.0662. The minimum absolute atomic E-state index is 0.0202. The molecule has 1 atom stereocenters. The number of thiophene rings is 1. The molecule has 2 fully saturated rings. The zero-order valence-electron chi connectivity index (χ0n) is 16.3. The molecule has 0 saturated carbocycles. The van der Waals surface area contributed by atoms with Crippen LogP contribution >= 0.6 is 11.3 Å². The van der Waals surface area contributed by atoms with Crippen molar-refractivity contribution in [2.75, 3.05) is 39.3 Å². The van der Waals surface area contributed by atoms with Crippen LogP contribution in [0.2, 0.25) is 0 Å². The molecule has 1 aromatic heterocycles. The zero-order valence-corrected chi connectivity index (χ0v) is 18.0. The van der Waals surface area contributed by atoms with Crippen molar-refractivity contribution in [2.24, 2.45) is 5.92 Å². The maximum absolute atomic E-state index is 12.8. The summed E-state index contributed by atoms with van der Waals surface area (Å²) >= 11 is 1.25. The highest BCUT2D eigenvalue weighted by atomic mass is 32.2. The molecule has 3 rings (SSSR count). The van der Waals surface area contributed by atoms with E-state index in [1.807, 2.05) is 18.7 Å². The molecule has 0 spiro atoms. The molecule has 0 aliphatic carbocycles. The van der Waals surface area contributed by atoms with E-state index >= 15 is 0 Å². The summed E-state index contributed by atoms with van der Waals surface area (Å²) in [4.78, 5) is 17.2. The van der Waals surface area contributed by atoms with Crippen LogP contribution in [-0.4, -0.2) is 73.7 Å². The summed E-state index contributed by atoms with van der Waals surface area (Å²) in [7, 11) is -3.44. The van der Waals surface area contributed by atoms with E-state index in [0.29, 0.717) is 30.3 Å². The van der Waals surface area contributed by atoms with Crippen molar-refractivity contribution in [3.63, 3.8) is 0 Å². The Morgan fingerprint density at radius 1 is 1.30 bits per heavy atom. The van der Waals surface area contributed by atoms with E-state index in [2.05, 4.69) is 4.90 Å². The summed E-state index contributed by atoms with van der Waals surface area (Å²) in [6, 6.07) is 3.39. The third-order valence-electron chi connectivity index (χ3n) is 5.51. The van der Waals surface area contributed by atoms with Crippen LogP contribution in [0.4, 0.5) is 0 Å². The summed E-state index contributed by atoms with van der Waals surface area (Å²) in [6.45, 7) is 8.79. The lowest BCUT2D eigenvalue weighted by Gasteiger charge is -2.31. The minimum atomic E-state index is -3.44. The molecule has 0 aromatic carbocycles. The number of rotatable bonds is 8.